The molecule has 0 heterocycles. The highest BCUT2D eigenvalue weighted by molar-refractivity contribution is 5.81. The number of carboxylic acid groups (broad SMARTS) is 1. The third-order valence-corrected chi connectivity index (χ3v) is 8.35. The van der Waals surface area contributed by atoms with E-state index in [1.54, 1.807) is 13.8 Å². The largest absolute Gasteiger partial charge is 0.481 e. The normalized spacial score (nSPS) is 25.9. The zero-order valence-electron chi connectivity index (χ0n) is 20.1. The van der Waals surface area contributed by atoms with Crippen LogP contribution in [0.4, 0.5) is 4.79 Å². The highest BCUT2D eigenvalue weighted by Crippen LogP contribution is 2.50. The summed E-state index contributed by atoms with van der Waals surface area (Å²) in [6.45, 7) is 3.81. The van der Waals surface area contributed by atoms with Gasteiger partial charge in [-0.2, -0.15) is 0 Å². The molecule has 0 spiro atoms. The van der Waals surface area contributed by atoms with Gasteiger partial charge in [0.15, 0.2) is 0 Å². The van der Waals surface area contributed by atoms with Crippen molar-refractivity contribution in [3.8, 4) is 11.1 Å². The molecular formula is C28H32N2O5. The molecule has 3 aliphatic rings. The van der Waals surface area contributed by atoms with Crippen LogP contribution in [0.5, 0.6) is 0 Å². The first kappa shape index (κ1) is 23.4. The van der Waals surface area contributed by atoms with Crippen LogP contribution in [0.1, 0.15) is 50.2 Å². The number of alkyl carbamates (subject to hydrolysis) is 1. The van der Waals surface area contributed by atoms with Gasteiger partial charge < -0.3 is 20.5 Å². The van der Waals surface area contributed by atoms with Crippen LogP contribution < -0.4 is 10.6 Å². The number of carboxylic acids is 1. The predicted octanol–water partition coefficient (Wildman–Crippen LogP) is 4.17. The molecule has 0 aromatic heterocycles. The first-order chi connectivity index (χ1) is 16.8. The fraction of sp³-hybridized carbons (Fsp3) is 0.464. The number of carbonyl (C=O) groups excluding carboxylic acids is 2. The van der Waals surface area contributed by atoms with Crippen LogP contribution in [-0.2, 0) is 14.3 Å². The van der Waals surface area contributed by atoms with Crippen LogP contribution in [0.15, 0.2) is 48.5 Å². The van der Waals surface area contributed by atoms with Crippen molar-refractivity contribution in [2.75, 3.05) is 6.61 Å². The molecule has 0 radical (unpaired) electrons. The van der Waals surface area contributed by atoms with Gasteiger partial charge in [0.25, 0.3) is 0 Å². The van der Waals surface area contributed by atoms with Crippen molar-refractivity contribution in [1.29, 1.82) is 0 Å². The van der Waals surface area contributed by atoms with Gasteiger partial charge in [0, 0.05) is 18.0 Å². The Labute approximate surface area is 205 Å². The van der Waals surface area contributed by atoms with Crippen molar-refractivity contribution >= 4 is 18.0 Å². The van der Waals surface area contributed by atoms with E-state index in [0.29, 0.717) is 18.8 Å². The van der Waals surface area contributed by atoms with Crippen LogP contribution in [0.3, 0.4) is 0 Å². The molecule has 5 rings (SSSR count). The summed E-state index contributed by atoms with van der Waals surface area (Å²) >= 11 is 0. The topological polar surface area (TPSA) is 105 Å². The molecule has 3 N–H and O–H groups in total. The number of carbonyl (C=O) groups is 3. The van der Waals surface area contributed by atoms with Crippen molar-refractivity contribution in [2.24, 2.45) is 23.7 Å². The van der Waals surface area contributed by atoms with Gasteiger partial charge in [-0.15, -0.1) is 0 Å². The average molecular weight is 477 g/mol. The summed E-state index contributed by atoms with van der Waals surface area (Å²) < 4.78 is 5.61. The second-order valence-corrected chi connectivity index (χ2v) is 10.3. The molecule has 0 saturated heterocycles. The second-order valence-electron chi connectivity index (χ2n) is 10.3. The molecule has 3 aliphatic carbocycles. The van der Waals surface area contributed by atoms with E-state index >= 15 is 0 Å². The zero-order valence-corrected chi connectivity index (χ0v) is 20.1. The van der Waals surface area contributed by atoms with Crippen molar-refractivity contribution in [3.05, 3.63) is 59.7 Å². The Morgan fingerprint density at radius 2 is 1.60 bits per heavy atom. The highest BCUT2D eigenvalue weighted by atomic mass is 16.5. The molecule has 2 fully saturated rings. The lowest BCUT2D eigenvalue weighted by molar-refractivity contribution is -0.141. The number of nitrogens with one attached hydrogen (secondary N) is 2. The first-order valence-corrected chi connectivity index (χ1v) is 12.5. The summed E-state index contributed by atoms with van der Waals surface area (Å²) in [6, 6.07) is 16.0. The van der Waals surface area contributed by atoms with Crippen molar-refractivity contribution in [2.45, 2.75) is 51.1 Å². The third-order valence-electron chi connectivity index (χ3n) is 8.35. The predicted molar refractivity (Wildman–Crippen MR) is 131 cm³/mol. The minimum Gasteiger partial charge on any atom is -0.481 e. The summed E-state index contributed by atoms with van der Waals surface area (Å²) in [5.41, 5.74) is 4.65. The monoisotopic (exact) mass is 476 g/mol. The molecule has 6 atom stereocenters. The number of aliphatic carboxylic acids is 1. The Kier molecular flexibility index (Phi) is 6.26. The van der Waals surface area contributed by atoms with E-state index < -0.39 is 24.0 Å². The summed E-state index contributed by atoms with van der Waals surface area (Å²) in [7, 11) is 0. The lowest BCUT2D eigenvalue weighted by Crippen LogP contribution is -2.53. The molecule has 2 saturated carbocycles. The molecule has 7 heteroatoms. The summed E-state index contributed by atoms with van der Waals surface area (Å²) in [5, 5.41) is 15.1. The van der Waals surface area contributed by atoms with Gasteiger partial charge >= 0.3 is 12.1 Å². The number of hydrogen-bond acceptors (Lipinski definition) is 4. The summed E-state index contributed by atoms with van der Waals surface area (Å²) in [6.07, 6.45) is 1.64. The quantitative estimate of drug-likeness (QED) is 0.557. The maximum absolute atomic E-state index is 12.8. The van der Waals surface area contributed by atoms with Crippen LogP contribution in [-0.4, -0.2) is 41.8 Å². The zero-order chi connectivity index (χ0) is 24.7. The molecule has 2 aromatic carbocycles. The Morgan fingerprint density at radius 1 is 0.971 bits per heavy atom. The Hall–Kier alpha value is -3.35. The Morgan fingerprint density at radius 3 is 2.23 bits per heavy atom. The van der Waals surface area contributed by atoms with E-state index in [-0.39, 0.29) is 36.3 Å². The van der Waals surface area contributed by atoms with Gasteiger partial charge in [0.05, 0.1) is 11.8 Å². The van der Waals surface area contributed by atoms with Gasteiger partial charge in [0.1, 0.15) is 6.61 Å². The minimum atomic E-state index is -0.737. The number of rotatable bonds is 7. The second kappa shape index (κ2) is 9.36. The minimum absolute atomic E-state index is 0.0169. The lowest BCUT2D eigenvalue weighted by Gasteiger charge is -2.41. The molecule has 35 heavy (non-hydrogen) atoms. The smallest absolute Gasteiger partial charge is 0.407 e. The molecule has 0 bridgehead atoms. The van der Waals surface area contributed by atoms with Crippen molar-refractivity contribution in [1.82, 2.24) is 10.6 Å². The molecule has 2 amide bonds. The SMILES string of the molecule is CC(NC(=O)OCC1c2ccccc2-c2ccccc21)C(C)C(=O)NC1CC2CC(C(=O)O)CC21. The van der Waals surface area contributed by atoms with Crippen LogP contribution in [0.2, 0.25) is 0 Å². The van der Waals surface area contributed by atoms with E-state index in [4.69, 9.17) is 4.74 Å². The van der Waals surface area contributed by atoms with E-state index in [1.165, 1.54) is 11.1 Å². The van der Waals surface area contributed by atoms with Crippen molar-refractivity contribution in [3.63, 3.8) is 0 Å². The van der Waals surface area contributed by atoms with Crippen LogP contribution >= 0.6 is 0 Å². The summed E-state index contributed by atoms with van der Waals surface area (Å²) in [4.78, 5) is 36.6. The molecule has 7 nitrogen and oxygen atoms in total. The number of amides is 2. The van der Waals surface area contributed by atoms with Gasteiger partial charge in [-0.25, -0.2) is 4.79 Å². The average Bonchev–Trinajstić information content (AvgIpc) is 3.35. The number of benzene rings is 2. The molecule has 184 valence electrons. The maximum atomic E-state index is 12.8. The molecular weight excluding hydrogens is 444 g/mol. The van der Waals surface area contributed by atoms with Crippen molar-refractivity contribution < 1.29 is 24.2 Å². The van der Waals surface area contributed by atoms with Gasteiger partial charge in [-0.3, -0.25) is 9.59 Å². The van der Waals surface area contributed by atoms with E-state index in [0.717, 1.165) is 17.5 Å². The van der Waals surface area contributed by atoms with Gasteiger partial charge in [-0.1, -0.05) is 55.5 Å². The number of fused-ring (bicyclic) bond motifs is 4. The maximum Gasteiger partial charge on any atom is 0.407 e. The first-order valence-electron chi connectivity index (χ1n) is 12.5. The molecule has 0 aliphatic heterocycles. The fourth-order valence-corrected chi connectivity index (χ4v) is 6.09. The van der Waals surface area contributed by atoms with Gasteiger partial charge in [-0.05, 0) is 60.3 Å². The van der Waals surface area contributed by atoms with E-state index in [1.807, 2.05) is 24.3 Å². The number of ether oxygens (including phenoxy) is 1. The fourth-order valence-electron chi connectivity index (χ4n) is 6.09. The molecule has 6 unspecified atom stereocenters. The van der Waals surface area contributed by atoms with Crippen LogP contribution in [0.25, 0.3) is 11.1 Å². The van der Waals surface area contributed by atoms with E-state index in [9.17, 15) is 19.5 Å². The van der Waals surface area contributed by atoms with Gasteiger partial charge in [0.2, 0.25) is 5.91 Å². The third kappa shape index (κ3) is 4.40. The van der Waals surface area contributed by atoms with E-state index in [2.05, 4.69) is 34.9 Å². The van der Waals surface area contributed by atoms with Crippen LogP contribution in [0, 0.1) is 23.7 Å². The number of hydrogen-bond donors (Lipinski definition) is 3. The summed E-state index contributed by atoms with van der Waals surface area (Å²) in [5.74, 6) is -0.968. The standard InChI is InChI=1S/C28H32N2O5/c1-15(26(31)30-25-13-17-11-18(27(32)33)12-23(17)25)16(2)29-28(34)35-14-24-21-9-5-3-7-19(21)20-8-4-6-10-22(20)24/h3-10,15-18,23-25H,11-14H2,1-2H3,(H,29,34)(H,30,31)(H,32,33). The Bertz CT molecular complexity index is 1100. The Balaban J connectivity index is 1.12. The molecule has 2 aromatic rings. The lowest BCUT2D eigenvalue weighted by atomic mass is 9.71. The highest BCUT2D eigenvalue weighted by Gasteiger charge is 2.50.